The predicted octanol–water partition coefficient (Wildman–Crippen LogP) is 3.70. The molecule has 0 bridgehead atoms. The first-order chi connectivity index (χ1) is 15.6. The van der Waals surface area contributed by atoms with E-state index in [0.717, 1.165) is 27.0 Å². The van der Waals surface area contributed by atoms with Crippen LogP contribution in [0.2, 0.25) is 5.28 Å². The molecular weight excluding hydrogens is 452 g/mol. The van der Waals surface area contributed by atoms with Gasteiger partial charge in [0, 0.05) is 29.1 Å². The third kappa shape index (κ3) is 3.22. The molecule has 0 fully saturated rings. The number of ether oxygens (including phenoxy) is 2. The maximum atomic E-state index is 12.6. The van der Waals surface area contributed by atoms with Crippen LogP contribution in [0, 0.1) is 0 Å². The minimum atomic E-state index is -0.0765. The first-order valence-corrected chi connectivity index (χ1v) is 11.3. The third-order valence-electron chi connectivity index (χ3n) is 5.47. The Labute approximate surface area is 191 Å². The minimum Gasteiger partial charge on any atom is -0.418 e. The molecule has 2 aliphatic heterocycles. The number of amides is 1. The van der Waals surface area contributed by atoms with Gasteiger partial charge in [-0.1, -0.05) is 0 Å². The van der Waals surface area contributed by atoms with Crippen LogP contribution >= 0.6 is 22.9 Å². The lowest BCUT2D eigenvalue weighted by Crippen LogP contribution is -2.34. The second-order valence-electron chi connectivity index (χ2n) is 7.70. The normalized spacial score (nSPS) is 17.9. The average Bonchev–Trinajstić information content (AvgIpc) is 3.10. The standard InChI is InChI=1S/C21H17ClN6O3S/c1-9-6-23-17-15-13(32-18(17)19(29)25-9)3-2-12-16(15)24-7-14(26-12)31-20-10-8-30-5-4-11(10)27-21(22)28-20/h2-3,7,9,23H,4-6,8H2,1H3,(H,25,29). The van der Waals surface area contributed by atoms with E-state index in [1.54, 1.807) is 6.20 Å². The molecule has 3 aromatic heterocycles. The van der Waals surface area contributed by atoms with Gasteiger partial charge in [0.15, 0.2) is 0 Å². The van der Waals surface area contributed by atoms with Crippen molar-refractivity contribution in [1.82, 2.24) is 25.3 Å². The summed E-state index contributed by atoms with van der Waals surface area (Å²) in [5, 5.41) is 7.40. The fraction of sp³-hybridized carbons (Fsp3) is 0.286. The van der Waals surface area contributed by atoms with Crippen molar-refractivity contribution in [1.29, 1.82) is 0 Å². The van der Waals surface area contributed by atoms with Gasteiger partial charge in [0.1, 0.15) is 4.88 Å². The van der Waals surface area contributed by atoms with Crippen molar-refractivity contribution in [3.63, 3.8) is 0 Å². The zero-order valence-corrected chi connectivity index (χ0v) is 18.5. The van der Waals surface area contributed by atoms with Crippen molar-refractivity contribution in [2.45, 2.75) is 26.0 Å². The van der Waals surface area contributed by atoms with Crippen molar-refractivity contribution in [2.24, 2.45) is 0 Å². The molecule has 1 unspecified atom stereocenters. The molecule has 0 spiro atoms. The number of halogens is 1. The number of nitrogens with zero attached hydrogens (tertiary/aromatic N) is 4. The van der Waals surface area contributed by atoms with Gasteiger partial charge >= 0.3 is 0 Å². The number of fused-ring (bicyclic) bond motifs is 6. The van der Waals surface area contributed by atoms with E-state index >= 15 is 0 Å². The number of benzene rings is 1. The smallest absolute Gasteiger partial charge is 0.263 e. The number of carbonyl (C=O) groups is 1. The Morgan fingerprint density at radius 2 is 2.19 bits per heavy atom. The molecule has 2 aliphatic rings. The highest BCUT2D eigenvalue weighted by Crippen LogP contribution is 2.40. The minimum absolute atomic E-state index is 0.0350. The summed E-state index contributed by atoms with van der Waals surface area (Å²) in [5.41, 5.74) is 3.75. The van der Waals surface area contributed by atoms with Gasteiger partial charge < -0.3 is 20.1 Å². The molecule has 0 radical (unpaired) electrons. The van der Waals surface area contributed by atoms with Gasteiger partial charge in [-0.05, 0) is 30.7 Å². The molecule has 162 valence electrons. The predicted molar refractivity (Wildman–Crippen MR) is 121 cm³/mol. The van der Waals surface area contributed by atoms with Gasteiger partial charge in [0.25, 0.3) is 5.91 Å². The third-order valence-corrected chi connectivity index (χ3v) is 6.79. The van der Waals surface area contributed by atoms with Crippen LogP contribution in [0.15, 0.2) is 18.3 Å². The average molecular weight is 469 g/mol. The maximum absolute atomic E-state index is 12.6. The number of hydrogen-bond donors (Lipinski definition) is 2. The lowest BCUT2D eigenvalue weighted by Gasteiger charge is -2.18. The Morgan fingerprint density at radius 3 is 3.09 bits per heavy atom. The van der Waals surface area contributed by atoms with Crippen LogP contribution in [0.3, 0.4) is 0 Å². The molecule has 5 heterocycles. The largest absolute Gasteiger partial charge is 0.418 e. The van der Waals surface area contributed by atoms with Gasteiger partial charge in [-0.15, -0.1) is 11.3 Å². The van der Waals surface area contributed by atoms with E-state index in [9.17, 15) is 4.79 Å². The molecule has 0 saturated carbocycles. The van der Waals surface area contributed by atoms with Crippen molar-refractivity contribution in [3.05, 3.63) is 39.7 Å². The highest BCUT2D eigenvalue weighted by molar-refractivity contribution is 7.21. The maximum Gasteiger partial charge on any atom is 0.263 e. The van der Waals surface area contributed by atoms with Gasteiger partial charge in [0.2, 0.25) is 17.0 Å². The molecule has 0 aliphatic carbocycles. The fourth-order valence-corrected chi connectivity index (χ4v) is 5.24. The number of rotatable bonds is 2. The lowest BCUT2D eigenvalue weighted by atomic mass is 10.1. The molecule has 0 saturated heterocycles. The number of anilines is 1. The second kappa shape index (κ2) is 7.51. The zero-order valence-electron chi connectivity index (χ0n) is 16.9. The monoisotopic (exact) mass is 468 g/mol. The molecule has 1 amide bonds. The summed E-state index contributed by atoms with van der Waals surface area (Å²) in [6.45, 7) is 3.55. The van der Waals surface area contributed by atoms with Crippen LogP contribution in [-0.2, 0) is 17.8 Å². The van der Waals surface area contributed by atoms with Gasteiger partial charge in [-0.2, -0.15) is 4.98 Å². The topological polar surface area (TPSA) is 111 Å². The van der Waals surface area contributed by atoms with E-state index in [1.807, 2.05) is 19.1 Å². The van der Waals surface area contributed by atoms with E-state index in [-0.39, 0.29) is 17.2 Å². The number of thiophene rings is 1. The molecular formula is C21H17ClN6O3S. The summed E-state index contributed by atoms with van der Waals surface area (Å²) < 4.78 is 12.5. The lowest BCUT2D eigenvalue weighted by molar-refractivity contribution is 0.0949. The first-order valence-electron chi connectivity index (χ1n) is 10.1. The van der Waals surface area contributed by atoms with Crippen LogP contribution in [0.4, 0.5) is 5.69 Å². The van der Waals surface area contributed by atoms with Gasteiger partial charge in [-0.3, -0.25) is 4.79 Å². The van der Waals surface area contributed by atoms with E-state index in [0.29, 0.717) is 53.8 Å². The highest BCUT2D eigenvalue weighted by atomic mass is 35.5. The molecule has 2 N–H and O–H groups in total. The highest BCUT2D eigenvalue weighted by Gasteiger charge is 2.25. The molecule has 4 aromatic rings. The summed E-state index contributed by atoms with van der Waals surface area (Å²) in [6, 6.07) is 3.86. The van der Waals surface area contributed by atoms with E-state index < -0.39 is 0 Å². The van der Waals surface area contributed by atoms with E-state index in [4.69, 9.17) is 21.1 Å². The Hall–Kier alpha value is -3.08. The molecule has 1 atom stereocenters. The number of nitrogens with one attached hydrogen (secondary N) is 2. The zero-order chi connectivity index (χ0) is 21.8. The second-order valence-corrected chi connectivity index (χ2v) is 9.09. The van der Waals surface area contributed by atoms with Crippen molar-refractivity contribution < 1.29 is 14.3 Å². The van der Waals surface area contributed by atoms with E-state index in [2.05, 4.69) is 30.6 Å². The number of hydrogen-bond acceptors (Lipinski definition) is 9. The summed E-state index contributed by atoms with van der Waals surface area (Å²) in [4.78, 5) is 31.0. The van der Waals surface area contributed by atoms with Crippen molar-refractivity contribution in [2.75, 3.05) is 18.5 Å². The quantitative estimate of drug-likeness (QED) is 0.428. The van der Waals surface area contributed by atoms with Crippen molar-refractivity contribution in [3.8, 4) is 11.8 Å². The van der Waals surface area contributed by atoms with Crippen LogP contribution in [0.1, 0.15) is 27.9 Å². The van der Waals surface area contributed by atoms with Crippen LogP contribution < -0.4 is 15.4 Å². The molecule has 6 rings (SSSR count). The summed E-state index contributed by atoms with van der Waals surface area (Å²) in [6.07, 6.45) is 2.20. The number of carbonyl (C=O) groups excluding carboxylic acids is 1. The summed E-state index contributed by atoms with van der Waals surface area (Å²) in [7, 11) is 0. The molecule has 1 aromatic carbocycles. The Kier molecular flexibility index (Phi) is 4.60. The van der Waals surface area contributed by atoms with Crippen LogP contribution in [0.25, 0.3) is 21.1 Å². The summed E-state index contributed by atoms with van der Waals surface area (Å²) >= 11 is 7.52. The van der Waals surface area contributed by atoms with Crippen LogP contribution in [-0.4, -0.2) is 45.0 Å². The molecule has 32 heavy (non-hydrogen) atoms. The Bertz CT molecular complexity index is 1410. The van der Waals surface area contributed by atoms with Gasteiger partial charge in [0.05, 0.1) is 47.4 Å². The van der Waals surface area contributed by atoms with Crippen LogP contribution in [0.5, 0.6) is 11.8 Å². The molecule has 9 nitrogen and oxygen atoms in total. The van der Waals surface area contributed by atoms with Gasteiger partial charge in [-0.25, -0.2) is 15.0 Å². The fourth-order valence-electron chi connectivity index (χ4n) is 3.98. The number of aromatic nitrogens is 4. The van der Waals surface area contributed by atoms with E-state index in [1.165, 1.54) is 11.3 Å². The van der Waals surface area contributed by atoms with Crippen molar-refractivity contribution >= 4 is 55.7 Å². The summed E-state index contributed by atoms with van der Waals surface area (Å²) in [5.74, 6) is 0.540. The Morgan fingerprint density at radius 1 is 1.28 bits per heavy atom. The first kappa shape index (κ1) is 19.6. The molecule has 11 heteroatoms. The Balaban J connectivity index is 1.44. The SMILES string of the molecule is CC1CNc2c(sc3ccc4nc(Oc5nc(Cl)nc6c5COCC6)cnc4c23)C(=O)N1.